The van der Waals surface area contributed by atoms with Crippen LogP contribution in [-0.4, -0.2) is 19.2 Å². The smallest absolute Gasteiger partial charge is 0.122 e. The van der Waals surface area contributed by atoms with Crippen LogP contribution in [0.5, 0.6) is 5.75 Å². The lowest BCUT2D eigenvalue weighted by Gasteiger charge is -2.46. The highest BCUT2D eigenvalue weighted by Gasteiger charge is 2.38. The number of benzene rings is 1. The van der Waals surface area contributed by atoms with Crippen molar-refractivity contribution in [3.8, 4) is 5.75 Å². The maximum atomic E-state index is 5.36. The summed E-state index contributed by atoms with van der Waals surface area (Å²) in [5, 5.41) is 3.47. The molecule has 0 bridgehead atoms. The van der Waals surface area contributed by atoms with Crippen LogP contribution in [0.1, 0.15) is 37.8 Å². The van der Waals surface area contributed by atoms with E-state index in [2.05, 4.69) is 44.3 Å². The molecule has 1 unspecified atom stereocenters. The van der Waals surface area contributed by atoms with E-state index < -0.39 is 0 Å². The van der Waals surface area contributed by atoms with E-state index >= 15 is 0 Å². The Balaban J connectivity index is 2.30. The van der Waals surface area contributed by atoms with Gasteiger partial charge in [-0.15, -0.1) is 0 Å². The summed E-state index contributed by atoms with van der Waals surface area (Å²) in [5.41, 5.74) is 2.98. The fourth-order valence-electron chi connectivity index (χ4n) is 2.44. The van der Waals surface area contributed by atoms with Crippen LogP contribution in [-0.2, 0) is 6.42 Å². The first-order valence-corrected chi connectivity index (χ1v) is 6.00. The summed E-state index contributed by atoms with van der Waals surface area (Å²) in [6, 6.07) is 6.60. The number of nitrogens with one attached hydrogen (secondary N) is 1. The number of rotatable bonds is 3. The van der Waals surface area contributed by atoms with Gasteiger partial charge in [0.05, 0.1) is 7.11 Å². The van der Waals surface area contributed by atoms with Crippen molar-refractivity contribution >= 4 is 0 Å². The standard InChI is InChI=1S/C14H21NO/c1-5-10-8-11(6-7-13(10)16-4)12-9-15-14(12,2)3/h6-8,12,15H,5,9H2,1-4H3. The SMILES string of the molecule is CCc1cc(C2CNC2(C)C)ccc1OC. The van der Waals surface area contributed by atoms with Crippen molar-refractivity contribution in [1.82, 2.24) is 5.32 Å². The summed E-state index contributed by atoms with van der Waals surface area (Å²) in [6.45, 7) is 7.78. The summed E-state index contributed by atoms with van der Waals surface area (Å²) >= 11 is 0. The predicted octanol–water partition coefficient (Wildman–Crippen LogP) is 2.72. The van der Waals surface area contributed by atoms with Crippen molar-refractivity contribution in [2.24, 2.45) is 0 Å². The van der Waals surface area contributed by atoms with E-state index in [1.165, 1.54) is 11.1 Å². The molecular formula is C14H21NO. The van der Waals surface area contributed by atoms with Gasteiger partial charge in [0, 0.05) is 18.0 Å². The zero-order chi connectivity index (χ0) is 11.8. The van der Waals surface area contributed by atoms with Crippen molar-refractivity contribution in [3.63, 3.8) is 0 Å². The second-order valence-electron chi connectivity index (χ2n) is 5.08. The molecule has 1 aromatic rings. The van der Waals surface area contributed by atoms with Crippen molar-refractivity contribution in [3.05, 3.63) is 29.3 Å². The Kier molecular flexibility index (Phi) is 2.94. The van der Waals surface area contributed by atoms with Crippen LogP contribution in [0, 0.1) is 0 Å². The van der Waals surface area contributed by atoms with Crippen LogP contribution < -0.4 is 10.1 Å². The minimum Gasteiger partial charge on any atom is -0.496 e. The van der Waals surface area contributed by atoms with Gasteiger partial charge in [-0.1, -0.05) is 19.1 Å². The predicted molar refractivity (Wildman–Crippen MR) is 67.2 cm³/mol. The van der Waals surface area contributed by atoms with E-state index in [0.717, 1.165) is 18.7 Å². The molecule has 0 saturated carbocycles. The van der Waals surface area contributed by atoms with E-state index in [0.29, 0.717) is 5.92 Å². The number of methoxy groups -OCH3 is 1. The molecule has 0 radical (unpaired) electrons. The zero-order valence-electron chi connectivity index (χ0n) is 10.6. The third-order valence-electron chi connectivity index (χ3n) is 3.72. The Bertz CT molecular complexity index is 384. The first-order chi connectivity index (χ1) is 7.58. The number of hydrogen-bond donors (Lipinski definition) is 1. The van der Waals surface area contributed by atoms with Gasteiger partial charge in [0.2, 0.25) is 0 Å². The minimum atomic E-state index is 0.236. The molecule has 16 heavy (non-hydrogen) atoms. The van der Waals surface area contributed by atoms with E-state index in [1.807, 2.05) is 0 Å². The highest BCUT2D eigenvalue weighted by atomic mass is 16.5. The lowest BCUT2D eigenvalue weighted by Crippen LogP contribution is -2.59. The largest absolute Gasteiger partial charge is 0.496 e. The van der Waals surface area contributed by atoms with Gasteiger partial charge in [0.15, 0.2) is 0 Å². The summed E-state index contributed by atoms with van der Waals surface area (Å²) in [6.07, 6.45) is 1.03. The second-order valence-corrected chi connectivity index (χ2v) is 5.08. The number of ether oxygens (including phenoxy) is 1. The molecule has 0 amide bonds. The lowest BCUT2D eigenvalue weighted by atomic mass is 9.75. The summed E-state index contributed by atoms with van der Waals surface area (Å²) in [7, 11) is 1.74. The van der Waals surface area contributed by atoms with Gasteiger partial charge in [-0.2, -0.15) is 0 Å². The Morgan fingerprint density at radius 2 is 2.19 bits per heavy atom. The van der Waals surface area contributed by atoms with Gasteiger partial charge >= 0.3 is 0 Å². The fourth-order valence-corrected chi connectivity index (χ4v) is 2.44. The van der Waals surface area contributed by atoms with E-state index in [9.17, 15) is 0 Å². The van der Waals surface area contributed by atoms with E-state index in [1.54, 1.807) is 7.11 Å². The Hall–Kier alpha value is -1.02. The Labute approximate surface area is 98.0 Å². The van der Waals surface area contributed by atoms with Crippen molar-refractivity contribution in [2.45, 2.75) is 38.6 Å². The fraction of sp³-hybridized carbons (Fsp3) is 0.571. The van der Waals surface area contributed by atoms with Crippen LogP contribution in [0.25, 0.3) is 0 Å². The highest BCUT2D eigenvalue weighted by molar-refractivity contribution is 5.40. The average Bonchev–Trinajstić information content (AvgIpc) is 2.27. The number of aryl methyl sites for hydroxylation is 1. The third kappa shape index (κ3) is 1.82. The summed E-state index contributed by atoms with van der Waals surface area (Å²) in [5.74, 6) is 1.64. The van der Waals surface area contributed by atoms with Gasteiger partial charge in [-0.25, -0.2) is 0 Å². The van der Waals surface area contributed by atoms with Gasteiger partial charge < -0.3 is 10.1 Å². The summed E-state index contributed by atoms with van der Waals surface area (Å²) < 4.78 is 5.36. The molecule has 2 heteroatoms. The molecule has 1 aromatic carbocycles. The summed E-state index contributed by atoms with van der Waals surface area (Å²) in [4.78, 5) is 0. The van der Waals surface area contributed by atoms with Crippen LogP contribution in [0.4, 0.5) is 0 Å². The van der Waals surface area contributed by atoms with Gasteiger partial charge in [0.1, 0.15) is 5.75 Å². The topological polar surface area (TPSA) is 21.3 Å². The maximum Gasteiger partial charge on any atom is 0.122 e. The van der Waals surface area contributed by atoms with E-state index in [4.69, 9.17) is 4.74 Å². The first-order valence-electron chi connectivity index (χ1n) is 6.00. The molecule has 0 spiro atoms. The monoisotopic (exact) mass is 219 g/mol. The lowest BCUT2D eigenvalue weighted by molar-refractivity contribution is 0.208. The molecule has 0 aromatic heterocycles. The van der Waals surface area contributed by atoms with Crippen molar-refractivity contribution in [2.75, 3.05) is 13.7 Å². The maximum absolute atomic E-state index is 5.36. The molecule has 1 N–H and O–H groups in total. The quantitative estimate of drug-likeness (QED) is 0.844. The van der Waals surface area contributed by atoms with Gasteiger partial charge in [-0.05, 0) is 37.5 Å². The molecule has 2 rings (SSSR count). The Morgan fingerprint density at radius 3 is 2.62 bits per heavy atom. The van der Waals surface area contributed by atoms with Crippen LogP contribution in [0.3, 0.4) is 0 Å². The zero-order valence-corrected chi connectivity index (χ0v) is 10.6. The molecule has 88 valence electrons. The molecule has 1 aliphatic heterocycles. The van der Waals surface area contributed by atoms with E-state index in [-0.39, 0.29) is 5.54 Å². The molecule has 2 nitrogen and oxygen atoms in total. The Morgan fingerprint density at radius 1 is 1.44 bits per heavy atom. The molecule has 1 fully saturated rings. The number of hydrogen-bond acceptors (Lipinski definition) is 2. The van der Waals surface area contributed by atoms with Gasteiger partial charge in [-0.3, -0.25) is 0 Å². The molecule has 0 aliphatic carbocycles. The van der Waals surface area contributed by atoms with Gasteiger partial charge in [0.25, 0.3) is 0 Å². The van der Waals surface area contributed by atoms with Crippen LogP contribution in [0.15, 0.2) is 18.2 Å². The third-order valence-corrected chi connectivity index (χ3v) is 3.72. The normalized spacial score (nSPS) is 22.6. The second kappa shape index (κ2) is 4.10. The molecule has 1 aliphatic rings. The average molecular weight is 219 g/mol. The van der Waals surface area contributed by atoms with Crippen molar-refractivity contribution < 1.29 is 4.74 Å². The van der Waals surface area contributed by atoms with Crippen LogP contribution >= 0.6 is 0 Å². The minimum absolute atomic E-state index is 0.236. The van der Waals surface area contributed by atoms with Crippen LogP contribution in [0.2, 0.25) is 0 Å². The molecule has 1 atom stereocenters. The highest BCUT2D eigenvalue weighted by Crippen LogP contribution is 2.36. The molecule has 1 saturated heterocycles. The molecule has 1 heterocycles. The van der Waals surface area contributed by atoms with Crippen molar-refractivity contribution in [1.29, 1.82) is 0 Å². The molecular weight excluding hydrogens is 198 g/mol. The first kappa shape index (κ1) is 11.5.